The smallest absolute Gasteiger partial charge is 0.239 e. The van der Waals surface area contributed by atoms with Gasteiger partial charge in [0.15, 0.2) is 0 Å². The van der Waals surface area contributed by atoms with Gasteiger partial charge in [-0.2, -0.15) is 0 Å². The Morgan fingerprint density at radius 2 is 1.18 bits per heavy atom. The highest BCUT2D eigenvalue weighted by atomic mass is 16.3. The van der Waals surface area contributed by atoms with E-state index in [0.29, 0.717) is 6.54 Å². The van der Waals surface area contributed by atoms with Crippen LogP contribution in [0.2, 0.25) is 0 Å². The van der Waals surface area contributed by atoms with Gasteiger partial charge in [-0.25, -0.2) is 0 Å². The van der Waals surface area contributed by atoms with E-state index in [1.807, 2.05) is 78.9 Å². The van der Waals surface area contributed by atoms with Gasteiger partial charge in [0, 0.05) is 31.6 Å². The van der Waals surface area contributed by atoms with Crippen LogP contribution in [0.3, 0.4) is 0 Å². The summed E-state index contributed by atoms with van der Waals surface area (Å²) in [5.74, 6) is -0.459. The molecule has 3 aromatic carbocycles. The molecule has 0 spiro atoms. The number of rotatable bonds is 7. The molecular formula is C28H28N2O4. The third kappa shape index (κ3) is 2.82. The maximum atomic E-state index is 14.6. The molecule has 0 aliphatic carbocycles. The maximum absolute atomic E-state index is 14.6. The molecule has 174 valence electrons. The molecule has 2 atom stereocenters. The lowest BCUT2D eigenvalue weighted by Gasteiger charge is -2.44. The number of fused-ring (bicyclic) bond motifs is 2. The normalized spacial score (nSPS) is 23.4. The number of carbonyl (C=O) groups is 2. The number of para-hydroxylation sites is 2. The van der Waals surface area contributed by atoms with Crippen molar-refractivity contribution >= 4 is 23.2 Å². The number of nitrogens with zero attached hydrogens (tertiary/aromatic N) is 2. The number of carbonyl (C=O) groups excluding carboxylic acids is 2. The van der Waals surface area contributed by atoms with Crippen LogP contribution in [0, 0.1) is 0 Å². The van der Waals surface area contributed by atoms with Gasteiger partial charge in [-0.1, -0.05) is 66.7 Å². The molecule has 3 aromatic rings. The zero-order chi connectivity index (χ0) is 23.9. The van der Waals surface area contributed by atoms with Crippen molar-refractivity contribution in [2.45, 2.75) is 30.2 Å². The number of amides is 2. The lowest BCUT2D eigenvalue weighted by atomic mass is 9.54. The van der Waals surface area contributed by atoms with Crippen LogP contribution in [-0.4, -0.2) is 42.3 Å². The number of anilines is 2. The molecule has 0 aromatic heterocycles. The predicted octanol–water partition coefficient (Wildman–Crippen LogP) is 3.15. The van der Waals surface area contributed by atoms with Crippen LogP contribution in [0.15, 0.2) is 78.9 Å². The van der Waals surface area contributed by atoms with Gasteiger partial charge >= 0.3 is 0 Å². The van der Waals surface area contributed by atoms with Crippen molar-refractivity contribution in [1.29, 1.82) is 0 Å². The van der Waals surface area contributed by atoms with Crippen LogP contribution in [0.1, 0.15) is 29.5 Å². The lowest BCUT2D eigenvalue weighted by Crippen LogP contribution is -2.60. The first kappa shape index (κ1) is 22.3. The maximum Gasteiger partial charge on any atom is 0.239 e. The van der Waals surface area contributed by atoms with Crippen molar-refractivity contribution in [3.05, 3.63) is 95.6 Å². The molecule has 0 saturated heterocycles. The number of hydrogen-bond acceptors (Lipinski definition) is 4. The van der Waals surface area contributed by atoms with Crippen LogP contribution in [-0.2, 0) is 27.0 Å². The van der Waals surface area contributed by atoms with Crippen LogP contribution in [0.4, 0.5) is 11.4 Å². The third-order valence-corrected chi connectivity index (χ3v) is 7.55. The van der Waals surface area contributed by atoms with Gasteiger partial charge in [0.05, 0.1) is 17.4 Å². The van der Waals surface area contributed by atoms with E-state index in [-0.39, 0.29) is 37.9 Å². The number of likely N-dealkylation sites (N-methyl/N-ethyl adjacent to an activating group) is 1. The first-order chi connectivity index (χ1) is 16.5. The standard InChI is InChI=1S/C28H28N2O4/c1-29-23-13-7-5-11-21(23)27(15-17-31,25(29)33)28(16-18-32)22-12-6-8-14-24(22)30(26(28)34)19-20-9-3-2-4-10-20/h2-14,31-32H,15-19H2,1H3/t27-,28-/m1/s1. The molecule has 2 heterocycles. The third-order valence-electron chi connectivity index (χ3n) is 7.55. The van der Waals surface area contributed by atoms with Crippen LogP contribution in [0.5, 0.6) is 0 Å². The van der Waals surface area contributed by atoms with Crippen molar-refractivity contribution in [3.8, 4) is 0 Å². The average molecular weight is 457 g/mol. The molecule has 2 N–H and O–H groups in total. The first-order valence-corrected chi connectivity index (χ1v) is 11.6. The summed E-state index contributed by atoms with van der Waals surface area (Å²) in [5.41, 5.74) is 1.18. The van der Waals surface area contributed by atoms with Crippen molar-refractivity contribution in [1.82, 2.24) is 0 Å². The van der Waals surface area contributed by atoms with Gasteiger partial charge in [-0.05, 0) is 41.7 Å². The highest BCUT2D eigenvalue weighted by Gasteiger charge is 2.69. The van der Waals surface area contributed by atoms with Gasteiger partial charge in [0.2, 0.25) is 11.8 Å². The number of hydrogen-bond donors (Lipinski definition) is 2. The monoisotopic (exact) mass is 456 g/mol. The number of benzene rings is 3. The Morgan fingerprint density at radius 3 is 1.79 bits per heavy atom. The van der Waals surface area contributed by atoms with E-state index in [4.69, 9.17) is 0 Å². The van der Waals surface area contributed by atoms with E-state index in [0.717, 1.165) is 28.1 Å². The number of aliphatic hydroxyl groups is 2. The van der Waals surface area contributed by atoms with E-state index in [2.05, 4.69) is 0 Å². The molecule has 2 aliphatic heterocycles. The summed E-state index contributed by atoms with van der Waals surface area (Å²) >= 11 is 0. The van der Waals surface area contributed by atoms with Crippen LogP contribution in [0.25, 0.3) is 0 Å². The summed E-state index contributed by atoms with van der Waals surface area (Å²) in [6, 6.07) is 24.7. The van der Waals surface area contributed by atoms with Crippen LogP contribution < -0.4 is 9.80 Å². The van der Waals surface area contributed by atoms with E-state index in [9.17, 15) is 19.8 Å². The second-order valence-corrected chi connectivity index (χ2v) is 9.03. The largest absolute Gasteiger partial charge is 0.396 e. The summed E-state index contributed by atoms with van der Waals surface area (Å²) in [7, 11) is 1.71. The molecule has 0 unspecified atom stereocenters. The molecule has 34 heavy (non-hydrogen) atoms. The Labute approximate surface area is 199 Å². The minimum Gasteiger partial charge on any atom is -0.396 e. The highest BCUT2D eigenvalue weighted by Crippen LogP contribution is 2.61. The molecule has 6 nitrogen and oxygen atoms in total. The van der Waals surface area contributed by atoms with Crippen LogP contribution >= 0.6 is 0 Å². The van der Waals surface area contributed by atoms with E-state index >= 15 is 0 Å². The first-order valence-electron chi connectivity index (χ1n) is 11.6. The molecule has 0 bridgehead atoms. The van der Waals surface area contributed by atoms with Crippen molar-refractivity contribution in [2.75, 3.05) is 30.1 Å². The average Bonchev–Trinajstić information content (AvgIpc) is 3.23. The van der Waals surface area contributed by atoms with Gasteiger partial charge in [0.25, 0.3) is 0 Å². The molecule has 0 fully saturated rings. The molecule has 5 rings (SSSR count). The fourth-order valence-corrected chi connectivity index (χ4v) is 6.16. The minimum atomic E-state index is -1.35. The topological polar surface area (TPSA) is 81.1 Å². The van der Waals surface area contributed by atoms with Gasteiger partial charge < -0.3 is 20.0 Å². The summed E-state index contributed by atoms with van der Waals surface area (Å²) in [4.78, 5) is 32.0. The Bertz CT molecular complexity index is 1240. The predicted molar refractivity (Wildman–Crippen MR) is 131 cm³/mol. The Kier molecular flexibility index (Phi) is 5.50. The Balaban J connectivity index is 1.79. The molecular weight excluding hydrogens is 428 g/mol. The number of aliphatic hydroxyl groups excluding tert-OH is 2. The van der Waals surface area contributed by atoms with E-state index in [1.54, 1.807) is 16.8 Å². The van der Waals surface area contributed by atoms with E-state index in [1.165, 1.54) is 0 Å². The summed E-state index contributed by atoms with van der Waals surface area (Å²) in [5, 5.41) is 20.5. The lowest BCUT2D eigenvalue weighted by molar-refractivity contribution is -0.136. The fraction of sp³-hybridized carbons (Fsp3) is 0.286. The molecule has 2 amide bonds. The highest BCUT2D eigenvalue weighted by molar-refractivity contribution is 6.18. The summed E-state index contributed by atoms with van der Waals surface area (Å²) < 4.78 is 0. The SMILES string of the molecule is CN1C(=O)[C@](CCO)([C@@]2(CCO)C(=O)N(Cc3ccccc3)c3ccccc32)c2ccccc21. The second kappa shape index (κ2) is 8.38. The summed E-state index contributed by atoms with van der Waals surface area (Å²) in [6.07, 6.45) is 0.147. The Hall–Kier alpha value is -3.48. The van der Waals surface area contributed by atoms with Gasteiger partial charge in [-0.15, -0.1) is 0 Å². The quantitative estimate of drug-likeness (QED) is 0.572. The summed E-state index contributed by atoms with van der Waals surface area (Å²) in [6.45, 7) is -0.189. The molecule has 2 aliphatic rings. The second-order valence-electron chi connectivity index (χ2n) is 9.03. The van der Waals surface area contributed by atoms with Gasteiger partial charge in [0.1, 0.15) is 0 Å². The molecule has 6 heteroatoms. The zero-order valence-electron chi connectivity index (χ0n) is 19.1. The van der Waals surface area contributed by atoms with Gasteiger partial charge in [-0.3, -0.25) is 9.59 Å². The zero-order valence-corrected chi connectivity index (χ0v) is 19.1. The van der Waals surface area contributed by atoms with Crippen molar-refractivity contribution < 1.29 is 19.8 Å². The minimum absolute atomic E-state index is 0.0715. The molecule has 0 radical (unpaired) electrons. The van der Waals surface area contributed by atoms with E-state index < -0.39 is 10.8 Å². The fourth-order valence-electron chi connectivity index (χ4n) is 6.16. The van der Waals surface area contributed by atoms with Crippen molar-refractivity contribution in [3.63, 3.8) is 0 Å². The van der Waals surface area contributed by atoms with Crippen molar-refractivity contribution in [2.24, 2.45) is 0 Å². The Morgan fingerprint density at radius 1 is 0.676 bits per heavy atom. The molecule has 0 saturated carbocycles.